The van der Waals surface area contributed by atoms with E-state index in [1.54, 1.807) is 4.72 Å². The summed E-state index contributed by atoms with van der Waals surface area (Å²) in [5, 5.41) is 7.99. The summed E-state index contributed by atoms with van der Waals surface area (Å²) in [7, 11) is -4.10. The van der Waals surface area contributed by atoms with E-state index in [9.17, 15) is 8.42 Å². The highest BCUT2D eigenvalue weighted by atomic mass is 32.2. The summed E-state index contributed by atoms with van der Waals surface area (Å²) < 4.78 is 29.0. The third-order valence-corrected chi connectivity index (χ3v) is 0.965. The van der Waals surface area contributed by atoms with Crippen molar-refractivity contribution in [3.63, 3.8) is 0 Å². The van der Waals surface area contributed by atoms with Gasteiger partial charge in [0.05, 0.1) is 6.61 Å². The Labute approximate surface area is 47.2 Å². The number of hydrogen-bond donors (Lipinski definition) is 3. The predicted molar refractivity (Wildman–Crippen MR) is 26.6 cm³/mol. The Balaban J connectivity index is 3.42. The summed E-state index contributed by atoms with van der Waals surface area (Å²) in [5.41, 5.74) is 0. The highest BCUT2D eigenvalue weighted by Gasteiger charge is 1.98. The van der Waals surface area contributed by atoms with E-state index in [-0.39, 0.29) is 13.2 Å². The van der Waals surface area contributed by atoms with E-state index in [2.05, 4.69) is 0 Å². The van der Waals surface area contributed by atoms with Crippen LogP contribution in [0.15, 0.2) is 0 Å². The van der Waals surface area contributed by atoms with Crippen molar-refractivity contribution in [3.05, 3.63) is 0 Å². The quantitative estimate of drug-likeness (QED) is 0.412. The van der Waals surface area contributed by atoms with E-state index < -0.39 is 10.3 Å². The first kappa shape index (κ1) is 7.83. The van der Waals surface area contributed by atoms with Crippen LogP contribution < -0.4 is 4.72 Å². The van der Waals surface area contributed by atoms with E-state index in [1.807, 2.05) is 0 Å². The zero-order valence-electron chi connectivity index (χ0n) is 4.03. The molecule has 0 fully saturated rings. The van der Waals surface area contributed by atoms with Gasteiger partial charge in [0.15, 0.2) is 0 Å². The molecule has 0 aromatic heterocycles. The molecule has 50 valence electrons. The van der Waals surface area contributed by atoms with Gasteiger partial charge in [0, 0.05) is 6.54 Å². The fourth-order valence-corrected chi connectivity index (χ4v) is 0.524. The van der Waals surface area contributed by atoms with Gasteiger partial charge in [-0.15, -0.1) is 0 Å². The van der Waals surface area contributed by atoms with Crippen molar-refractivity contribution in [2.24, 2.45) is 0 Å². The molecule has 0 bridgehead atoms. The zero-order chi connectivity index (χ0) is 6.62. The van der Waals surface area contributed by atoms with Crippen LogP contribution in [0.5, 0.6) is 0 Å². The first-order chi connectivity index (χ1) is 3.56. The maximum Gasteiger partial charge on any atom is 0.333 e. The van der Waals surface area contributed by atoms with E-state index in [1.165, 1.54) is 0 Å². The molecule has 0 unspecified atom stereocenters. The Kier molecular flexibility index (Phi) is 2.91. The Morgan fingerprint density at radius 3 is 2.12 bits per heavy atom. The third kappa shape index (κ3) is 5.83. The van der Waals surface area contributed by atoms with Crippen LogP contribution in [0.1, 0.15) is 0 Å². The van der Waals surface area contributed by atoms with Gasteiger partial charge in [-0.25, -0.2) is 0 Å². The summed E-state index contributed by atoms with van der Waals surface area (Å²) >= 11 is 0. The van der Waals surface area contributed by atoms with Crippen LogP contribution in [-0.4, -0.2) is 31.2 Å². The van der Waals surface area contributed by atoms with Gasteiger partial charge in [0.25, 0.3) is 0 Å². The Bertz CT molecular complexity index is 138. The van der Waals surface area contributed by atoms with Crippen LogP contribution in [0.3, 0.4) is 0 Å². The molecule has 0 aliphatic heterocycles. The zero-order valence-corrected chi connectivity index (χ0v) is 4.85. The molecule has 0 spiro atoms. The van der Waals surface area contributed by atoms with Gasteiger partial charge in [-0.2, -0.15) is 13.1 Å². The first-order valence-electron chi connectivity index (χ1n) is 1.89. The average molecular weight is 141 g/mol. The van der Waals surface area contributed by atoms with E-state index >= 15 is 0 Å². The molecule has 0 aromatic rings. The molecular weight excluding hydrogens is 134 g/mol. The molecule has 6 heteroatoms. The van der Waals surface area contributed by atoms with Gasteiger partial charge in [0.1, 0.15) is 0 Å². The minimum atomic E-state index is -4.10. The molecule has 5 nitrogen and oxygen atoms in total. The number of aliphatic hydroxyl groups is 1. The molecule has 0 aliphatic carbocycles. The Morgan fingerprint density at radius 2 is 2.00 bits per heavy atom. The second kappa shape index (κ2) is 2.98. The highest BCUT2D eigenvalue weighted by molar-refractivity contribution is 7.83. The van der Waals surface area contributed by atoms with Crippen molar-refractivity contribution in [2.75, 3.05) is 13.2 Å². The maximum atomic E-state index is 9.72. The molecule has 0 atom stereocenters. The van der Waals surface area contributed by atoms with Gasteiger partial charge in [-0.1, -0.05) is 0 Å². The minimum absolute atomic E-state index is 0.154. The molecule has 0 aromatic carbocycles. The van der Waals surface area contributed by atoms with Crippen LogP contribution in [-0.2, 0) is 10.3 Å². The predicted octanol–water partition coefficient (Wildman–Crippen LogP) is -1.63. The molecule has 0 aliphatic rings. The van der Waals surface area contributed by atoms with Crippen molar-refractivity contribution < 1.29 is 18.1 Å². The lowest BCUT2D eigenvalue weighted by atomic mass is 10.8. The van der Waals surface area contributed by atoms with Crippen molar-refractivity contribution in [1.29, 1.82) is 0 Å². The topological polar surface area (TPSA) is 86.6 Å². The highest BCUT2D eigenvalue weighted by Crippen LogP contribution is 1.67. The monoisotopic (exact) mass is 141 g/mol. The number of rotatable bonds is 3. The largest absolute Gasteiger partial charge is 0.395 e. The van der Waals surface area contributed by atoms with E-state index in [0.717, 1.165) is 0 Å². The molecule has 0 amide bonds. The maximum absolute atomic E-state index is 9.72. The van der Waals surface area contributed by atoms with Crippen LogP contribution in [0.25, 0.3) is 0 Å². The summed E-state index contributed by atoms with van der Waals surface area (Å²) in [6.45, 7) is -0.474. The number of hydrogen-bond acceptors (Lipinski definition) is 3. The number of aliphatic hydroxyl groups excluding tert-OH is 1. The van der Waals surface area contributed by atoms with Crippen molar-refractivity contribution >= 4 is 10.3 Å². The first-order valence-corrected chi connectivity index (χ1v) is 3.33. The summed E-state index contributed by atoms with van der Waals surface area (Å²) in [6, 6.07) is 0. The molecule has 0 saturated carbocycles. The summed E-state index contributed by atoms with van der Waals surface area (Å²) in [6.07, 6.45) is 0. The second-order valence-electron chi connectivity index (χ2n) is 1.09. The molecule has 0 rings (SSSR count). The van der Waals surface area contributed by atoms with Crippen LogP contribution in [0, 0.1) is 0 Å². The van der Waals surface area contributed by atoms with Crippen molar-refractivity contribution in [1.82, 2.24) is 4.72 Å². The van der Waals surface area contributed by atoms with Crippen molar-refractivity contribution in [3.8, 4) is 0 Å². The molecule has 0 radical (unpaired) electrons. The molecular formula is C2H7NO4S. The lowest BCUT2D eigenvalue weighted by Gasteiger charge is -1.93. The standard InChI is InChI=1S/C2H7NO4S/c4-2-1-3-8(5,6)7/h3-4H,1-2H2,(H,5,6,7). The lowest BCUT2D eigenvalue weighted by molar-refractivity contribution is 0.298. The minimum Gasteiger partial charge on any atom is -0.395 e. The van der Waals surface area contributed by atoms with Gasteiger partial charge >= 0.3 is 10.3 Å². The van der Waals surface area contributed by atoms with Crippen LogP contribution in [0.4, 0.5) is 0 Å². The average Bonchev–Trinajstić information content (AvgIpc) is 1.59. The Hall–Kier alpha value is -0.170. The van der Waals surface area contributed by atoms with Crippen molar-refractivity contribution in [2.45, 2.75) is 0 Å². The third-order valence-electron chi connectivity index (χ3n) is 0.396. The van der Waals surface area contributed by atoms with Gasteiger partial charge in [-0.05, 0) is 0 Å². The molecule has 0 heterocycles. The smallest absolute Gasteiger partial charge is 0.333 e. The van der Waals surface area contributed by atoms with E-state index in [0.29, 0.717) is 0 Å². The SMILES string of the molecule is O=S(=O)(O)NCCO. The molecule has 8 heavy (non-hydrogen) atoms. The molecule has 3 N–H and O–H groups in total. The van der Waals surface area contributed by atoms with Crippen LogP contribution in [0.2, 0.25) is 0 Å². The van der Waals surface area contributed by atoms with Gasteiger partial charge in [-0.3, -0.25) is 4.55 Å². The Morgan fingerprint density at radius 1 is 1.50 bits per heavy atom. The number of nitrogens with one attached hydrogen (secondary N) is 1. The fraction of sp³-hybridized carbons (Fsp3) is 1.00. The lowest BCUT2D eigenvalue weighted by Crippen LogP contribution is -2.25. The van der Waals surface area contributed by atoms with Crippen LogP contribution >= 0.6 is 0 Å². The van der Waals surface area contributed by atoms with E-state index in [4.69, 9.17) is 9.66 Å². The fourth-order valence-electron chi connectivity index (χ4n) is 0.175. The van der Waals surface area contributed by atoms with Gasteiger partial charge in [0.2, 0.25) is 0 Å². The van der Waals surface area contributed by atoms with Gasteiger partial charge < -0.3 is 5.11 Å². The summed E-state index contributed by atoms with van der Waals surface area (Å²) in [5.74, 6) is 0. The normalized spacial score (nSPS) is 11.8. The summed E-state index contributed by atoms with van der Waals surface area (Å²) in [4.78, 5) is 0. The second-order valence-corrected chi connectivity index (χ2v) is 2.33. The molecule has 0 saturated heterocycles.